The van der Waals surface area contributed by atoms with Crippen molar-refractivity contribution in [1.82, 2.24) is 20.4 Å². The van der Waals surface area contributed by atoms with Crippen molar-refractivity contribution in [1.29, 1.82) is 5.26 Å². The van der Waals surface area contributed by atoms with Gasteiger partial charge in [-0.3, -0.25) is 4.79 Å². The number of nitrogens with zero attached hydrogens (tertiary/aromatic N) is 4. The van der Waals surface area contributed by atoms with Crippen molar-refractivity contribution in [3.63, 3.8) is 0 Å². The van der Waals surface area contributed by atoms with Crippen molar-refractivity contribution in [2.75, 3.05) is 7.11 Å². The summed E-state index contributed by atoms with van der Waals surface area (Å²) in [6.45, 7) is 1.43. The number of nitrogens with two attached hydrogens (primary N) is 1. The average molecular weight is 448 g/mol. The zero-order valence-electron chi connectivity index (χ0n) is 16.2. The third kappa shape index (κ3) is 4.61. The highest BCUT2D eigenvalue weighted by atomic mass is 32.2. The lowest BCUT2D eigenvalue weighted by Crippen LogP contribution is -2.12. The summed E-state index contributed by atoms with van der Waals surface area (Å²) in [4.78, 5) is 15.2. The second-order valence-electron chi connectivity index (χ2n) is 6.31. The quantitative estimate of drug-likeness (QED) is 0.552. The molecule has 3 aromatic rings. The van der Waals surface area contributed by atoms with E-state index in [-0.39, 0.29) is 33.3 Å². The van der Waals surface area contributed by atoms with Gasteiger partial charge in [-0.1, -0.05) is 0 Å². The van der Waals surface area contributed by atoms with Crippen LogP contribution >= 0.6 is 11.8 Å². The van der Waals surface area contributed by atoms with Crippen LogP contribution in [0.3, 0.4) is 0 Å². The van der Waals surface area contributed by atoms with Crippen LogP contribution in [0.25, 0.3) is 11.3 Å². The number of primary amides is 1. The third-order valence-corrected chi connectivity index (χ3v) is 5.31. The van der Waals surface area contributed by atoms with E-state index in [0.29, 0.717) is 16.9 Å². The van der Waals surface area contributed by atoms with Crippen LogP contribution in [-0.2, 0) is 11.9 Å². The van der Waals surface area contributed by atoms with Crippen LogP contribution in [0.4, 0.5) is 13.2 Å². The van der Waals surface area contributed by atoms with E-state index in [1.807, 2.05) is 6.07 Å². The highest BCUT2D eigenvalue weighted by Gasteiger charge is 2.34. The molecule has 8 nitrogen and oxygen atoms in total. The number of amides is 1. The monoisotopic (exact) mass is 448 g/mol. The first kappa shape index (κ1) is 22.1. The number of carbonyl (C=O) groups is 1. The van der Waals surface area contributed by atoms with Gasteiger partial charge in [0.1, 0.15) is 28.2 Å². The van der Waals surface area contributed by atoms with Crippen molar-refractivity contribution >= 4 is 17.7 Å². The Balaban J connectivity index is 1.98. The number of hydrogen-bond donors (Lipinski definition) is 2. The van der Waals surface area contributed by atoms with Gasteiger partial charge in [0.15, 0.2) is 5.69 Å². The summed E-state index contributed by atoms with van der Waals surface area (Å²) in [5, 5.41) is 19.3. The molecule has 0 unspecified atom stereocenters. The zero-order chi connectivity index (χ0) is 22.8. The molecule has 2 heterocycles. The van der Waals surface area contributed by atoms with E-state index >= 15 is 0 Å². The Morgan fingerprint density at radius 2 is 2.06 bits per heavy atom. The largest absolute Gasteiger partial charge is 0.496 e. The molecular weight excluding hydrogens is 433 g/mol. The Hall–Kier alpha value is -3.59. The van der Waals surface area contributed by atoms with E-state index in [9.17, 15) is 23.2 Å². The number of hydrogen-bond acceptors (Lipinski definition) is 7. The summed E-state index contributed by atoms with van der Waals surface area (Å²) < 4.78 is 44.8. The van der Waals surface area contributed by atoms with Crippen LogP contribution in [-0.4, -0.2) is 33.4 Å². The number of aromatic amines is 1. The molecule has 3 rings (SSSR count). The molecule has 31 heavy (non-hydrogen) atoms. The summed E-state index contributed by atoms with van der Waals surface area (Å²) in [6, 6.07) is 7.68. The van der Waals surface area contributed by atoms with Gasteiger partial charge in [0.05, 0.1) is 12.7 Å². The molecule has 0 spiro atoms. The molecule has 0 bridgehead atoms. The lowest BCUT2D eigenvalue weighted by Gasteiger charge is -2.13. The summed E-state index contributed by atoms with van der Waals surface area (Å²) >= 11 is 0.966. The number of aromatic nitrogens is 4. The van der Waals surface area contributed by atoms with Crippen LogP contribution in [0.5, 0.6) is 5.75 Å². The molecule has 0 aliphatic heterocycles. The highest BCUT2D eigenvalue weighted by molar-refractivity contribution is 7.98. The van der Waals surface area contributed by atoms with Crippen LogP contribution in [0.1, 0.15) is 32.9 Å². The minimum Gasteiger partial charge on any atom is -0.496 e. The first-order chi connectivity index (χ1) is 14.7. The second-order valence-corrected chi connectivity index (χ2v) is 7.28. The van der Waals surface area contributed by atoms with Gasteiger partial charge >= 0.3 is 6.18 Å². The van der Waals surface area contributed by atoms with E-state index < -0.39 is 17.8 Å². The lowest BCUT2D eigenvalue weighted by atomic mass is 10.1. The van der Waals surface area contributed by atoms with E-state index in [1.54, 1.807) is 18.2 Å². The Kier molecular flexibility index (Phi) is 6.16. The predicted octanol–water partition coefficient (Wildman–Crippen LogP) is 3.47. The predicted molar refractivity (Wildman–Crippen MR) is 105 cm³/mol. The number of benzene rings is 1. The molecule has 0 radical (unpaired) electrons. The van der Waals surface area contributed by atoms with Gasteiger partial charge in [0.25, 0.3) is 5.91 Å². The van der Waals surface area contributed by atoms with Crippen molar-refractivity contribution in [2.24, 2.45) is 5.73 Å². The molecule has 0 fully saturated rings. The summed E-state index contributed by atoms with van der Waals surface area (Å²) in [6.07, 6.45) is -4.64. The summed E-state index contributed by atoms with van der Waals surface area (Å²) in [5.74, 6) is -0.163. The molecule has 1 amide bonds. The van der Waals surface area contributed by atoms with E-state index in [2.05, 4.69) is 20.4 Å². The van der Waals surface area contributed by atoms with E-state index in [0.717, 1.165) is 17.8 Å². The minimum atomic E-state index is -4.64. The highest BCUT2D eigenvalue weighted by Crippen LogP contribution is 2.36. The lowest BCUT2D eigenvalue weighted by molar-refractivity contribution is -0.141. The first-order valence-electron chi connectivity index (χ1n) is 8.65. The van der Waals surface area contributed by atoms with Gasteiger partial charge < -0.3 is 10.5 Å². The van der Waals surface area contributed by atoms with Crippen molar-refractivity contribution < 1.29 is 22.7 Å². The third-order valence-electron chi connectivity index (χ3n) is 4.29. The van der Waals surface area contributed by atoms with Crippen molar-refractivity contribution in [3.8, 4) is 23.1 Å². The Morgan fingerprint density at radius 3 is 2.68 bits per heavy atom. The molecule has 0 aliphatic rings. The van der Waals surface area contributed by atoms with Gasteiger partial charge in [-0.05, 0) is 36.8 Å². The van der Waals surface area contributed by atoms with Crippen LogP contribution < -0.4 is 10.5 Å². The Bertz CT molecular complexity index is 1190. The topological polar surface area (TPSA) is 131 Å². The van der Waals surface area contributed by atoms with Gasteiger partial charge in [-0.2, -0.15) is 33.8 Å². The number of ether oxygens (including phenoxy) is 1. The fourth-order valence-corrected chi connectivity index (χ4v) is 3.85. The van der Waals surface area contributed by atoms with Crippen LogP contribution in [0, 0.1) is 18.3 Å². The molecule has 2 aromatic heterocycles. The standard InChI is InChI=1S/C19H15F3N6O2S/c1-9-5-14(19(20,21)22)25-18(12(9)7-23)31-8-11-6-10(3-4-13(11)30-2)15-16(17(24)29)27-28-26-15/h3-6H,8H2,1-2H3,(H2,24,29)(H,26,27,28). The van der Waals surface area contributed by atoms with E-state index in [1.165, 1.54) is 14.0 Å². The SMILES string of the molecule is COc1ccc(-c2n[nH]nc2C(N)=O)cc1CSc1nc(C(F)(F)F)cc(C)c1C#N. The maximum Gasteiger partial charge on any atom is 0.433 e. The summed E-state index contributed by atoms with van der Waals surface area (Å²) in [7, 11) is 1.45. The van der Waals surface area contributed by atoms with Gasteiger partial charge in [0.2, 0.25) is 0 Å². The Morgan fingerprint density at radius 1 is 1.32 bits per heavy atom. The van der Waals surface area contributed by atoms with Crippen molar-refractivity contribution in [2.45, 2.75) is 23.9 Å². The van der Waals surface area contributed by atoms with E-state index in [4.69, 9.17) is 10.5 Å². The molecule has 0 aliphatic carbocycles. The van der Waals surface area contributed by atoms with Crippen LogP contribution in [0.2, 0.25) is 0 Å². The number of pyridine rings is 1. The smallest absolute Gasteiger partial charge is 0.433 e. The van der Waals surface area contributed by atoms with Gasteiger partial charge in [-0.25, -0.2) is 4.98 Å². The van der Waals surface area contributed by atoms with Gasteiger partial charge in [0, 0.05) is 16.9 Å². The number of thioether (sulfide) groups is 1. The molecule has 0 saturated heterocycles. The first-order valence-corrected chi connectivity index (χ1v) is 9.63. The van der Waals surface area contributed by atoms with Gasteiger partial charge in [-0.15, -0.1) is 11.8 Å². The fourth-order valence-electron chi connectivity index (χ4n) is 2.82. The number of nitriles is 1. The second kappa shape index (κ2) is 8.65. The number of H-pyrrole nitrogens is 1. The number of methoxy groups -OCH3 is 1. The fraction of sp³-hybridized carbons (Fsp3) is 0.211. The minimum absolute atomic E-state index is 0.0402. The zero-order valence-corrected chi connectivity index (χ0v) is 17.1. The number of aryl methyl sites for hydroxylation is 1. The molecular formula is C19H15F3N6O2S. The average Bonchev–Trinajstić information content (AvgIpc) is 3.21. The normalized spacial score (nSPS) is 11.2. The molecule has 3 N–H and O–H groups in total. The maximum atomic E-state index is 13.2. The molecule has 160 valence electrons. The molecule has 12 heteroatoms. The molecule has 1 aromatic carbocycles. The Labute approximate surface area is 178 Å². The molecule has 0 atom stereocenters. The number of carbonyl (C=O) groups excluding carboxylic acids is 1. The van der Waals surface area contributed by atoms with Crippen molar-refractivity contribution in [3.05, 3.63) is 52.3 Å². The maximum absolute atomic E-state index is 13.2. The number of halogens is 3. The number of rotatable bonds is 6. The summed E-state index contributed by atoms with van der Waals surface area (Å²) in [5.41, 5.74) is 5.76. The van der Waals surface area contributed by atoms with Crippen LogP contribution in [0.15, 0.2) is 29.3 Å². The number of nitrogens with one attached hydrogen (secondary N) is 1. The molecule has 0 saturated carbocycles. The number of alkyl halides is 3.